The van der Waals surface area contributed by atoms with Crippen LogP contribution < -0.4 is 0 Å². The molecular weight excluding hydrogens is 283 g/mol. The molecule has 1 aromatic carbocycles. The Morgan fingerprint density at radius 3 is 2.57 bits per heavy atom. The Balaban J connectivity index is 3.28. The fraction of sp³-hybridized carbons (Fsp3) is 0.385. The molecule has 1 aromatic rings. The van der Waals surface area contributed by atoms with Crippen LogP contribution in [0, 0.1) is 15.9 Å². The molecule has 0 heterocycles. The molecule has 1 rings (SSSR count). The molecule has 0 radical (unpaired) electrons. The van der Waals surface area contributed by atoms with Crippen molar-refractivity contribution in [3.8, 4) is 0 Å². The molecule has 0 fully saturated rings. The molecule has 0 saturated heterocycles. The van der Waals surface area contributed by atoms with E-state index >= 15 is 0 Å². The fourth-order valence-corrected chi connectivity index (χ4v) is 1.79. The lowest BCUT2D eigenvalue weighted by Crippen LogP contribution is -2.42. The van der Waals surface area contributed by atoms with Crippen LogP contribution in [0.3, 0.4) is 0 Å². The Morgan fingerprint density at radius 1 is 1.48 bits per heavy atom. The predicted octanol–water partition coefficient (Wildman–Crippen LogP) is 2.06. The highest BCUT2D eigenvalue weighted by Gasteiger charge is 2.29. The molecule has 21 heavy (non-hydrogen) atoms. The monoisotopic (exact) mass is 298 g/mol. The Kier molecular flexibility index (Phi) is 5.34. The van der Waals surface area contributed by atoms with Gasteiger partial charge in [0, 0.05) is 12.1 Å². The number of carbonyl (C=O) groups excluding carboxylic acids is 1. The Bertz CT molecular complexity index is 576. The van der Waals surface area contributed by atoms with Crippen molar-refractivity contribution in [3.63, 3.8) is 0 Å². The summed E-state index contributed by atoms with van der Waals surface area (Å²) < 4.78 is 13.3. The summed E-state index contributed by atoms with van der Waals surface area (Å²) in [5, 5.41) is 19.8. The summed E-state index contributed by atoms with van der Waals surface area (Å²) in [6.45, 7) is 2.75. The minimum atomic E-state index is -1.25. The lowest BCUT2D eigenvalue weighted by atomic mass is 10.1. The van der Waals surface area contributed by atoms with E-state index in [1.165, 1.54) is 0 Å². The number of halogens is 1. The third-order valence-corrected chi connectivity index (χ3v) is 3.08. The molecule has 0 aromatic heterocycles. The first-order chi connectivity index (χ1) is 9.77. The van der Waals surface area contributed by atoms with Crippen molar-refractivity contribution in [1.29, 1.82) is 0 Å². The van der Waals surface area contributed by atoms with Gasteiger partial charge >= 0.3 is 5.97 Å². The minimum absolute atomic E-state index is 0.448. The SMILES string of the molecule is CCC(C)N(CC(=O)O)C(=O)c1cc(F)ccc1[N+](=O)[O-]. The summed E-state index contributed by atoms with van der Waals surface area (Å²) in [6, 6.07) is 2.06. The number of nitrogens with zero attached hydrogens (tertiary/aromatic N) is 2. The highest BCUT2D eigenvalue weighted by atomic mass is 19.1. The van der Waals surface area contributed by atoms with Crippen molar-refractivity contribution in [2.24, 2.45) is 0 Å². The van der Waals surface area contributed by atoms with Gasteiger partial charge in [0.15, 0.2) is 0 Å². The van der Waals surface area contributed by atoms with Crippen LogP contribution in [0.2, 0.25) is 0 Å². The number of hydrogen-bond donors (Lipinski definition) is 1. The second-order valence-electron chi connectivity index (χ2n) is 4.50. The average molecular weight is 298 g/mol. The molecule has 0 saturated carbocycles. The van der Waals surface area contributed by atoms with Gasteiger partial charge in [-0.25, -0.2) is 4.39 Å². The molecule has 114 valence electrons. The highest BCUT2D eigenvalue weighted by Crippen LogP contribution is 2.22. The number of carboxylic acid groups (broad SMARTS) is 1. The van der Waals surface area contributed by atoms with Gasteiger partial charge in [-0.05, 0) is 25.5 Å². The summed E-state index contributed by atoms with van der Waals surface area (Å²) in [7, 11) is 0. The minimum Gasteiger partial charge on any atom is -0.480 e. The zero-order valence-electron chi connectivity index (χ0n) is 11.6. The summed E-state index contributed by atoms with van der Waals surface area (Å²) in [5.41, 5.74) is -1.01. The molecule has 0 aliphatic heterocycles. The van der Waals surface area contributed by atoms with Crippen LogP contribution in [0.5, 0.6) is 0 Å². The first-order valence-corrected chi connectivity index (χ1v) is 6.24. The van der Waals surface area contributed by atoms with Crippen molar-refractivity contribution >= 4 is 17.6 Å². The second-order valence-corrected chi connectivity index (χ2v) is 4.50. The predicted molar refractivity (Wildman–Crippen MR) is 71.5 cm³/mol. The summed E-state index contributed by atoms with van der Waals surface area (Å²) >= 11 is 0. The van der Waals surface area contributed by atoms with Gasteiger partial charge in [0.25, 0.3) is 11.6 Å². The largest absolute Gasteiger partial charge is 0.480 e. The van der Waals surface area contributed by atoms with Crippen molar-refractivity contribution in [1.82, 2.24) is 4.90 Å². The number of nitro groups is 1. The first-order valence-electron chi connectivity index (χ1n) is 6.24. The number of carboxylic acids is 1. The van der Waals surface area contributed by atoms with Crippen LogP contribution in [-0.4, -0.2) is 39.4 Å². The number of benzene rings is 1. The number of nitro benzene ring substituents is 1. The lowest BCUT2D eigenvalue weighted by molar-refractivity contribution is -0.385. The van der Waals surface area contributed by atoms with E-state index in [2.05, 4.69) is 0 Å². The molecular formula is C13H15FN2O5. The van der Waals surface area contributed by atoms with Gasteiger partial charge in [-0.3, -0.25) is 19.7 Å². The van der Waals surface area contributed by atoms with E-state index in [0.717, 1.165) is 23.1 Å². The molecule has 1 unspecified atom stereocenters. The van der Waals surface area contributed by atoms with Gasteiger partial charge in [0.1, 0.15) is 17.9 Å². The van der Waals surface area contributed by atoms with Crippen molar-refractivity contribution in [3.05, 3.63) is 39.7 Å². The smallest absolute Gasteiger partial charge is 0.323 e. The van der Waals surface area contributed by atoms with E-state index in [-0.39, 0.29) is 0 Å². The summed E-state index contributed by atoms with van der Waals surface area (Å²) in [5.74, 6) is -2.93. The fourth-order valence-electron chi connectivity index (χ4n) is 1.79. The molecule has 1 atom stereocenters. The maximum atomic E-state index is 13.3. The van der Waals surface area contributed by atoms with Crippen LogP contribution >= 0.6 is 0 Å². The average Bonchev–Trinajstić information content (AvgIpc) is 2.42. The first kappa shape index (κ1) is 16.5. The van der Waals surface area contributed by atoms with Gasteiger partial charge in [-0.15, -0.1) is 0 Å². The Hall–Kier alpha value is -2.51. The maximum absolute atomic E-state index is 13.3. The molecule has 7 nitrogen and oxygen atoms in total. The molecule has 0 bridgehead atoms. The molecule has 8 heteroatoms. The molecule has 1 N–H and O–H groups in total. The van der Waals surface area contributed by atoms with E-state index in [1.807, 2.05) is 0 Å². The van der Waals surface area contributed by atoms with E-state index in [9.17, 15) is 24.1 Å². The van der Waals surface area contributed by atoms with Crippen molar-refractivity contribution < 1.29 is 24.0 Å². The topological polar surface area (TPSA) is 101 Å². The standard InChI is InChI=1S/C13H15FN2O5/c1-3-8(2)15(7-12(17)18)13(19)10-6-9(14)4-5-11(10)16(20)21/h4-6,8H,3,7H2,1-2H3,(H,17,18). The van der Waals surface area contributed by atoms with Crippen LogP contribution in [-0.2, 0) is 4.79 Å². The van der Waals surface area contributed by atoms with Gasteiger partial charge in [-0.1, -0.05) is 6.92 Å². The zero-order chi connectivity index (χ0) is 16.2. The maximum Gasteiger partial charge on any atom is 0.323 e. The quantitative estimate of drug-likeness (QED) is 0.640. The number of carbonyl (C=O) groups is 2. The summed E-state index contributed by atoms with van der Waals surface area (Å²) in [6.07, 6.45) is 0.460. The Labute approximate surface area is 120 Å². The van der Waals surface area contributed by atoms with E-state index < -0.39 is 46.5 Å². The van der Waals surface area contributed by atoms with Crippen LogP contribution in [0.4, 0.5) is 10.1 Å². The van der Waals surface area contributed by atoms with Gasteiger partial charge < -0.3 is 10.0 Å². The molecule has 0 spiro atoms. The second kappa shape index (κ2) is 6.78. The van der Waals surface area contributed by atoms with Crippen LogP contribution in [0.25, 0.3) is 0 Å². The Morgan fingerprint density at radius 2 is 2.10 bits per heavy atom. The van der Waals surface area contributed by atoms with Crippen LogP contribution in [0.1, 0.15) is 30.6 Å². The third-order valence-electron chi connectivity index (χ3n) is 3.08. The number of rotatable bonds is 6. The number of hydrogen-bond acceptors (Lipinski definition) is 4. The van der Waals surface area contributed by atoms with Gasteiger partial charge in [-0.2, -0.15) is 0 Å². The van der Waals surface area contributed by atoms with E-state index in [4.69, 9.17) is 5.11 Å². The zero-order valence-corrected chi connectivity index (χ0v) is 11.6. The lowest BCUT2D eigenvalue weighted by Gasteiger charge is -2.26. The highest BCUT2D eigenvalue weighted by molar-refractivity contribution is 5.99. The number of amides is 1. The normalized spacial score (nSPS) is 11.8. The van der Waals surface area contributed by atoms with Crippen molar-refractivity contribution in [2.45, 2.75) is 26.3 Å². The molecule has 1 amide bonds. The van der Waals surface area contributed by atoms with Gasteiger partial charge in [0.05, 0.1) is 4.92 Å². The number of aliphatic carboxylic acids is 1. The van der Waals surface area contributed by atoms with Crippen molar-refractivity contribution in [2.75, 3.05) is 6.54 Å². The van der Waals surface area contributed by atoms with Crippen LogP contribution in [0.15, 0.2) is 18.2 Å². The molecule has 0 aliphatic rings. The van der Waals surface area contributed by atoms with E-state index in [0.29, 0.717) is 6.42 Å². The van der Waals surface area contributed by atoms with E-state index in [1.54, 1.807) is 13.8 Å². The third kappa shape index (κ3) is 3.98. The molecule has 0 aliphatic carbocycles. The van der Waals surface area contributed by atoms with Gasteiger partial charge in [0.2, 0.25) is 0 Å². The summed E-state index contributed by atoms with van der Waals surface area (Å²) in [4.78, 5) is 34.3.